The Bertz CT molecular complexity index is 503. The summed E-state index contributed by atoms with van der Waals surface area (Å²) in [6.07, 6.45) is 10.9. The lowest BCUT2D eigenvalue weighted by Gasteiger charge is -2.03. The summed E-state index contributed by atoms with van der Waals surface area (Å²) in [7, 11) is 0. The molecule has 0 spiro atoms. The van der Waals surface area contributed by atoms with E-state index in [1.165, 1.54) is 16.3 Å². The summed E-state index contributed by atoms with van der Waals surface area (Å²) in [4.78, 5) is 0. The van der Waals surface area contributed by atoms with Gasteiger partial charge in [0.15, 0.2) is 0 Å². The van der Waals surface area contributed by atoms with E-state index in [9.17, 15) is 0 Å². The van der Waals surface area contributed by atoms with Crippen LogP contribution in [0.4, 0.5) is 0 Å². The molecule has 79 valence electrons. The summed E-state index contributed by atoms with van der Waals surface area (Å²) in [5.74, 6) is 2.43. The van der Waals surface area contributed by atoms with E-state index in [0.717, 1.165) is 25.7 Å². The number of hydrogen-bond donors (Lipinski definition) is 0. The monoisotopic (exact) mass is 207 g/mol. The van der Waals surface area contributed by atoms with Crippen molar-refractivity contribution in [3.8, 4) is 5.92 Å². The largest absolute Gasteiger partial charge is 0.0891 e. The highest BCUT2D eigenvalue weighted by Gasteiger charge is 1.96. The molecule has 0 aliphatic carbocycles. The SMILES string of the molecule is [C]#CCCCCc1ccc2ccccc2c1. The number of hydrogen-bond acceptors (Lipinski definition) is 0. The first-order valence-corrected chi connectivity index (χ1v) is 5.77. The molecule has 2 aromatic carbocycles. The summed E-state index contributed by atoms with van der Waals surface area (Å²) in [5.41, 5.74) is 1.39. The number of benzene rings is 2. The van der Waals surface area contributed by atoms with Crippen LogP contribution in [-0.2, 0) is 6.42 Å². The summed E-state index contributed by atoms with van der Waals surface area (Å²) in [6.45, 7) is 0. The minimum Gasteiger partial charge on any atom is -0.0891 e. The van der Waals surface area contributed by atoms with Crippen LogP contribution in [0.15, 0.2) is 42.5 Å². The van der Waals surface area contributed by atoms with Crippen LogP contribution < -0.4 is 0 Å². The van der Waals surface area contributed by atoms with Gasteiger partial charge >= 0.3 is 0 Å². The number of unbranched alkanes of at least 4 members (excludes halogenated alkanes) is 2. The molecule has 0 aliphatic rings. The first-order chi connectivity index (χ1) is 7.90. The highest BCUT2D eigenvalue weighted by atomic mass is 14.0. The van der Waals surface area contributed by atoms with Gasteiger partial charge in [-0.15, -0.1) is 0 Å². The van der Waals surface area contributed by atoms with E-state index < -0.39 is 0 Å². The van der Waals surface area contributed by atoms with Crippen molar-refractivity contribution in [2.75, 3.05) is 0 Å². The molecule has 0 N–H and O–H groups in total. The van der Waals surface area contributed by atoms with Crippen molar-refractivity contribution in [2.45, 2.75) is 25.7 Å². The third-order valence-electron chi connectivity index (χ3n) is 2.83. The van der Waals surface area contributed by atoms with Crippen molar-refractivity contribution >= 4 is 10.8 Å². The van der Waals surface area contributed by atoms with E-state index in [2.05, 4.69) is 48.4 Å². The second-order valence-electron chi connectivity index (χ2n) is 4.07. The Balaban J connectivity index is 2.05. The first-order valence-electron chi connectivity index (χ1n) is 5.77. The fraction of sp³-hybridized carbons (Fsp3) is 0.250. The van der Waals surface area contributed by atoms with E-state index in [1.807, 2.05) is 0 Å². The molecule has 2 rings (SSSR count). The minimum atomic E-state index is 0.785. The maximum Gasteiger partial charge on any atom is 0.00990 e. The average molecular weight is 207 g/mol. The van der Waals surface area contributed by atoms with Crippen LogP contribution in [0.2, 0.25) is 0 Å². The molecule has 0 heteroatoms. The molecule has 0 unspecified atom stereocenters. The molecular formula is C16H15. The zero-order valence-corrected chi connectivity index (χ0v) is 9.37. The Morgan fingerprint density at radius 3 is 2.56 bits per heavy atom. The van der Waals surface area contributed by atoms with Gasteiger partial charge in [0.1, 0.15) is 0 Å². The predicted octanol–water partition coefficient (Wildman–Crippen LogP) is 4.14. The van der Waals surface area contributed by atoms with E-state index >= 15 is 0 Å². The molecular weight excluding hydrogens is 192 g/mol. The number of aryl methyl sites for hydroxylation is 1. The molecule has 0 aromatic heterocycles. The van der Waals surface area contributed by atoms with Gasteiger partial charge in [0, 0.05) is 6.42 Å². The van der Waals surface area contributed by atoms with E-state index in [-0.39, 0.29) is 0 Å². The average Bonchev–Trinajstić information content (AvgIpc) is 2.34. The van der Waals surface area contributed by atoms with Crippen LogP contribution >= 0.6 is 0 Å². The van der Waals surface area contributed by atoms with Gasteiger partial charge in [-0.1, -0.05) is 48.4 Å². The van der Waals surface area contributed by atoms with Gasteiger partial charge in [-0.3, -0.25) is 0 Å². The van der Waals surface area contributed by atoms with Gasteiger partial charge in [0.05, 0.1) is 0 Å². The lowest BCUT2D eigenvalue weighted by molar-refractivity contribution is 0.757. The van der Waals surface area contributed by atoms with Crippen molar-refractivity contribution in [1.29, 1.82) is 0 Å². The van der Waals surface area contributed by atoms with Gasteiger partial charge in [0.2, 0.25) is 0 Å². The number of fused-ring (bicyclic) bond motifs is 1. The highest BCUT2D eigenvalue weighted by molar-refractivity contribution is 5.82. The summed E-state index contributed by atoms with van der Waals surface area (Å²) in [5, 5.41) is 2.62. The predicted molar refractivity (Wildman–Crippen MR) is 68.6 cm³/mol. The Labute approximate surface area is 97.3 Å². The Morgan fingerprint density at radius 1 is 0.938 bits per heavy atom. The first kappa shape index (κ1) is 10.8. The molecule has 0 bridgehead atoms. The zero-order chi connectivity index (χ0) is 11.2. The van der Waals surface area contributed by atoms with Crippen LogP contribution in [0.5, 0.6) is 0 Å². The van der Waals surface area contributed by atoms with Crippen LogP contribution in [0.1, 0.15) is 24.8 Å². The Hall–Kier alpha value is -1.74. The second kappa shape index (κ2) is 5.37. The maximum atomic E-state index is 6.84. The second-order valence-corrected chi connectivity index (χ2v) is 4.07. The maximum absolute atomic E-state index is 6.84. The molecule has 1 radical (unpaired) electrons. The van der Waals surface area contributed by atoms with Gasteiger partial charge < -0.3 is 0 Å². The third kappa shape index (κ3) is 2.64. The summed E-state index contributed by atoms with van der Waals surface area (Å²) in [6, 6.07) is 15.1. The molecule has 0 amide bonds. The number of rotatable bonds is 4. The molecule has 0 saturated heterocycles. The van der Waals surface area contributed by atoms with Gasteiger partial charge in [0.25, 0.3) is 0 Å². The molecule has 0 aliphatic heterocycles. The van der Waals surface area contributed by atoms with Crippen LogP contribution in [0.25, 0.3) is 10.8 Å². The van der Waals surface area contributed by atoms with E-state index in [1.54, 1.807) is 0 Å². The summed E-state index contributed by atoms with van der Waals surface area (Å²) >= 11 is 0. The summed E-state index contributed by atoms with van der Waals surface area (Å²) < 4.78 is 0. The molecule has 0 fully saturated rings. The van der Waals surface area contributed by atoms with Crippen molar-refractivity contribution in [3.05, 3.63) is 54.5 Å². The van der Waals surface area contributed by atoms with Crippen molar-refractivity contribution in [3.63, 3.8) is 0 Å². The molecule has 2 aromatic rings. The van der Waals surface area contributed by atoms with Crippen LogP contribution in [0, 0.1) is 12.3 Å². The standard InChI is InChI=1S/C16H15/c1-2-3-4-5-8-14-11-12-15-9-6-7-10-16(15)13-14/h6-7,9-13H,3-5,8H2. The topological polar surface area (TPSA) is 0 Å². The third-order valence-corrected chi connectivity index (χ3v) is 2.83. The van der Waals surface area contributed by atoms with Crippen molar-refractivity contribution in [2.24, 2.45) is 0 Å². The van der Waals surface area contributed by atoms with Gasteiger partial charge in [-0.05, 0) is 42.0 Å². The normalized spacial score (nSPS) is 10.2. The fourth-order valence-electron chi connectivity index (χ4n) is 1.94. The van der Waals surface area contributed by atoms with Crippen molar-refractivity contribution < 1.29 is 0 Å². The smallest absolute Gasteiger partial charge is 0.00990 e. The molecule has 0 saturated carbocycles. The van der Waals surface area contributed by atoms with E-state index in [4.69, 9.17) is 6.42 Å². The van der Waals surface area contributed by atoms with Crippen LogP contribution in [-0.4, -0.2) is 0 Å². The molecule has 0 atom stereocenters. The molecule has 16 heavy (non-hydrogen) atoms. The molecule has 0 nitrogen and oxygen atoms in total. The fourth-order valence-corrected chi connectivity index (χ4v) is 1.94. The highest BCUT2D eigenvalue weighted by Crippen LogP contribution is 2.17. The lowest BCUT2D eigenvalue weighted by Crippen LogP contribution is -1.85. The van der Waals surface area contributed by atoms with Crippen LogP contribution in [0.3, 0.4) is 0 Å². The minimum absolute atomic E-state index is 0.785. The molecule has 0 heterocycles. The zero-order valence-electron chi connectivity index (χ0n) is 9.37. The van der Waals surface area contributed by atoms with Gasteiger partial charge in [-0.25, -0.2) is 0 Å². The Morgan fingerprint density at radius 2 is 1.75 bits per heavy atom. The van der Waals surface area contributed by atoms with Gasteiger partial charge in [-0.2, -0.15) is 0 Å². The quantitative estimate of drug-likeness (QED) is 0.522. The Kier molecular flexibility index (Phi) is 3.62. The lowest BCUT2D eigenvalue weighted by atomic mass is 10.0. The van der Waals surface area contributed by atoms with E-state index in [0.29, 0.717) is 0 Å². The van der Waals surface area contributed by atoms with Crippen molar-refractivity contribution in [1.82, 2.24) is 0 Å².